The highest BCUT2D eigenvalue weighted by Crippen LogP contribution is 2.32. The number of nitrogen functional groups attached to an aromatic ring is 1. The molecule has 2 aromatic rings. The maximum atomic E-state index is 5.50. The van der Waals surface area contributed by atoms with E-state index in [0.717, 1.165) is 6.42 Å². The van der Waals surface area contributed by atoms with E-state index in [1.165, 1.54) is 12.8 Å². The van der Waals surface area contributed by atoms with Gasteiger partial charge in [-0.15, -0.1) is 0 Å². The van der Waals surface area contributed by atoms with Crippen LogP contribution in [0.1, 0.15) is 18.7 Å². The summed E-state index contributed by atoms with van der Waals surface area (Å²) in [6, 6.07) is 0. The van der Waals surface area contributed by atoms with Gasteiger partial charge in [-0.05, 0) is 29.1 Å². The molecule has 15 heavy (non-hydrogen) atoms. The van der Waals surface area contributed by atoms with Gasteiger partial charge in [0.15, 0.2) is 5.82 Å². The van der Waals surface area contributed by atoms with Gasteiger partial charge in [0.05, 0.1) is 0 Å². The van der Waals surface area contributed by atoms with Gasteiger partial charge < -0.3 is 10.3 Å². The van der Waals surface area contributed by atoms with Gasteiger partial charge in [-0.2, -0.15) is 4.98 Å². The Labute approximate surface area is 84.6 Å². The maximum absolute atomic E-state index is 5.50. The number of aromatic nitrogens is 4. The molecule has 0 unspecified atom stereocenters. The van der Waals surface area contributed by atoms with Crippen molar-refractivity contribution < 1.29 is 9.15 Å². The Hall–Kier alpha value is -1.92. The molecule has 0 atom stereocenters. The van der Waals surface area contributed by atoms with E-state index in [0.29, 0.717) is 17.4 Å². The summed E-state index contributed by atoms with van der Waals surface area (Å²) in [7, 11) is 0. The second-order valence-corrected chi connectivity index (χ2v) is 3.66. The Balaban J connectivity index is 1.86. The van der Waals surface area contributed by atoms with Gasteiger partial charge >= 0.3 is 0 Å². The summed E-state index contributed by atoms with van der Waals surface area (Å²) in [5, 5.41) is 10.9. The smallest absolute Gasteiger partial charge is 0.284 e. The molecule has 0 aliphatic heterocycles. The maximum Gasteiger partial charge on any atom is 0.284 e. The lowest BCUT2D eigenvalue weighted by Gasteiger charge is -1.85. The van der Waals surface area contributed by atoms with Crippen molar-refractivity contribution in [3.8, 4) is 11.6 Å². The topological polar surface area (TPSA) is 104 Å². The third-order valence-corrected chi connectivity index (χ3v) is 2.35. The van der Waals surface area contributed by atoms with Crippen LogP contribution in [0.2, 0.25) is 0 Å². The first-order valence-electron chi connectivity index (χ1n) is 4.74. The first-order valence-corrected chi connectivity index (χ1v) is 4.74. The first-order chi connectivity index (χ1) is 7.33. The highest BCUT2D eigenvalue weighted by molar-refractivity contribution is 5.60. The molecule has 0 aromatic carbocycles. The van der Waals surface area contributed by atoms with Crippen molar-refractivity contribution in [1.82, 2.24) is 20.5 Å². The molecule has 7 nitrogen and oxygen atoms in total. The van der Waals surface area contributed by atoms with E-state index >= 15 is 0 Å². The van der Waals surface area contributed by atoms with Crippen LogP contribution >= 0.6 is 0 Å². The SMILES string of the molecule is Nc1nonc1-c1nc(CC2CC2)no1. The number of hydrogen-bond donors (Lipinski definition) is 1. The van der Waals surface area contributed by atoms with E-state index in [-0.39, 0.29) is 11.7 Å². The molecule has 1 saturated carbocycles. The summed E-state index contributed by atoms with van der Waals surface area (Å²) < 4.78 is 9.46. The fourth-order valence-corrected chi connectivity index (χ4v) is 1.36. The number of anilines is 1. The molecule has 0 bridgehead atoms. The molecule has 0 amide bonds. The highest BCUT2D eigenvalue weighted by Gasteiger charge is 2.25. The first kappa shape index (κ1) is 8.39. The molecule has 1 aliphatic carbocycles. The van der Waals surface area contributed by atoms with Crippen LogP contribution in [0.4, 0.5) is 5.82 Å². The quantitative estimate of drug-likeness (QED) is 0.787. The Morgan fingerprint density at radius 3 is 2.80 bits per heavy atom. The minimum absolute atomic E-state index is 0.164. The van der Waals surface area contributed by atoms with Crippen LogP contribution in [0.15, 0.2) is 9.15 Å². The second-order valence-electron chi connectivity index (χ2n) is 3.66. The monoisotopic (exact) mass is 207 g/mol. The van der Waals surface area contributed by atoms with E-state index < -0.39 is 0 Å². The normalized spacial score (nSPS) is 15.7. The summed E-state index contributed by atoms with van der Waals surface area (Å²) in [6.45, 7) is 0. The van der Waals surface area contributed by atoms with Gasteiger partial charge in [0.25, 0.3) is 5.89 Å². The lowest BCUT2D eigenvalue weighted by Crippen LogP contribution is -1.91. The second kappa shape index (κ2) is 3.04. The number of nitrogens with two attached hydrogens (primary N) is 1. The van der Waals surface area contributed by atoms with Gasteiger partial charge in [-0.1, -0.05) is 5.16 Å². The van der Waals surface area contributed by atoms with E-state index in [2.05, 4.69) is 25.1 Å². The zero-order chi connectivity index (χ0) is 10.3. The molecule has 0 saturated heterocycles. The minimum Gasteiger partial charge on any atom is -0.379 e. The number of rotatable bonds is 3. The predicted octanol–water partition coefficient (Wildman–Crippen LogP) is 0.654. The average molecular weight is 207 g/mol. The standard InChI is InChI=1S/C8H9N5O2/c9-7-6(12-15-13-7)8-10-5(11-14-8)3-4-1-2-4/h4H,1-3H2,(H2,9,13). The molecule has 2 heterocycles. The molecule has 1 fully saturated rings. The third-order valence-electron chi connectivity index (χ3n) is 2.35. The van der Waals surface area contributed by atoms with Crippen LogP contribution in [0, 0.1) is 5.92 Å². The van der Waals surface area contributed by atoms with Crippen molar-refractivity contribution in [3.63, 3.8) is 0 Å². The van der Waals surface area contributed by atoms with Crippen molar-refractivity contribution in [2.24, 2.45) is 5.92 Å². The van der Waals surface area contributed by atoms with Crippen molar-refractivity contribution in [2.45, 2.75) is 19.3 Å². The molecule has 7 heteroatoms. The minimum atomic E-state index is 0.164. The lowest BCUT2D eigenvalue weighted by atomic mass is 10.3. The van der Waals surface area contributed by atoms with Crippen molar-refractivity contribution >= 4 is 5.82 Å². The largest absolute Gasteiger partial charge is 0.379 e. The van der Waals surface area contributed by atoms with Crippen molar-refractivity contribution in [1.29, 1.82) is 0 Å². The molecular weight excluding hydrogens is 198 g/mol. The Morgan fingerprint density at radius 1 is 1.27 bits per heavy atom. The molecule has 2 N–H and O–H groups in total. The summed E-state index contributed by atoms with van der Waals surface area (Å²) >= 11 is 0. The predicted molar refractivity (Wildman–Crippen MR) is 48.4 cm³/mol. The van der Waals surface area contributed by atoms with Crippen LogP contribution < -0.4 is 5.73 Å². The zero-order valence-electron chi connectivity index (χ0n) is 7.88. The molecule has 78 valence electrons. The van der Waals surface area contributed by atoms with Gasteiger partial charge in [-0.25, -0.2) is 4.63 Å². The van der Waals surface area contributed by atoms with Gasteiger partial charge in [0.2, 0.25) is 11.5 Å². The summed E-state index contributed by atoms with van der Waals surface area (Å²) in [4.78, 5) is 4.17. The molecule has 1 aliphatic rings. The Bertz CT molecular complexity index is 473. The van der Waals surface area contributed by atoms with E-state index in [9.17, 15) is 0 Å². The van der Waals surface area contributed by atoms with Crippen LogP contribution in [0.25, 0.3) is 11.6 Å². The van der Waals surface area contributed by atoms with Crippen LogP contribution in [-0.4, -0.2) is 20.5 Å². The molecular formula is C8H9N5O2. The van der Waals surface area contributed by atoms with Gasteiger partial charge in [-0.3, -0.25) is 0 Å². The van der Waals surface area contributed by atoms with Crippen LogP contribution in [0.5, 0.6) is 0 Å². The molecule has 0 radical (unpaired) electrons. The Kier molecular flexibility index (Phi) is 1.70. The summed E-state index contributed by atoms with van der Waals surface area (Å²) in [5.74, 6) is 1.83. The van der Waals surface area contributed by atoms with E-state index in [1.54, 1.807) is 0 Å². The fraction of sp³-hybridized carbons (Fsp3) is 0.500. The van der Waals surface area contributed by atoms with Gasteiger partial charge in [0.1, 0.15) is 0 Å². The molecule has 3 rings (SSSR count). The molecule has 2 aromatic heterocycles. The number of hydrogen-bond acceptors (Lipinski definition) is 7. The highest BCUT2D eigenvalue weighted by atomic mass is 16.6. The van der Waals surface area contributed by atoms with E-state index in [1.807, 2.05) is 0 Å². The third kappa shape index (κ3) is 1.56. The fourth-order valence-electron chi connectivity index (χ4n) is 1.36. The number of nitrogens with zero attached hydrogens (tertiary/aromatic N) is 4. The van der Waals surface area contributed by atoms with Crippen molar-refractivity contribution in [2.75, 3.05) is 5.73 Å². The summed E-state index contributed by atoms with van der Waals surface area (Å²) in [5.41, 5.74) is 5.81. The molecule has 0 spiro atoms. The Morgan fingerprint density at radius 2 is 2.13 bits per heavy atom. The van der Waals surface area contributed by atoms with E-state index in [4.69, 9.17) is 10.3 Å². The zero-order valence-corrected chi connectivity index (χ0v) is 7.88. The lowest BCUT2D eigenvalue weighted by molar-refractivity contribution is 0.308. The van der Waals surface area contributed by atoms with Crippen LogP contribution in [-0.2, 0) is 6.42 Å². The van der Waals surface area contributed by atoms with Crippen molar-refractivity contribution in [3.05, 3.63) is 5.82 Å². The summed E-state index contributed by atoms with van der Waals surface area (Å²) in [6.07, 6.45) is 3.35. The van der Waals surface area contributed by atoms with Crippen LogP contribution in [0.3, 0.4) is 0 Å². The average Bonchev–Trinajstić information content (AvgIpc) is 2.74. The van der Waals surface area contributed by atoms with Gasteiger partial charge in [0, 0.05) is 6.42 Å².